The van der Waals surface area contributed by atoms with Crippen LogP contribution in [0.1, 0.15) is 17.3 Å². The second-order valence-electron chi connectivity index (χ2n) is 4.53. The van der Waals surface area contributed by atoms with Crippen LogP contribution in [-0.4, -0.2) is 49.5 Å². The van der Waals surface area contributed by atoms with Gasteiger partial charge in [-0.2, -0.15) is 0 Å². The zero-order valence-electron chi connectivity index (χ0n) is 12.0. The molecule has 0 aliphatic rings. The molecule has 0 saturated carbocycles. The van der Waals surface area contributed by atoms with Crippen LogP contribution < -0.4 is 10.6 Å². The van der Waals surface area contributed by atoms with Gasteiger partial charge in [0.25, 0.3) is 11.6 Å². The van der Waals surface area contributed by atoms with Crippen molar-refractivity contribution in [2.45, 2.75) is 6.92 Å². The lowest BCUT2D eigenvalue weighted by atomic mass is 10.1. The van der Waals surface area contributed by atoms with E-state index >= 15 is 0 Å². The summed E-state index contributed by atoms with van der Waals surface area (Å²) in [5.41, 5.74) is 6.36. The molecule has 110 valence electrons. The van der Waals surface area contributed by atoms with Crippen LogP contribution in [0.25, 0.3) is 0 Å². The number of nitro benzene ring substituents is 1. The first-order valence-electron chi connectivity index (χ1n) is 6.37. The smallest absolute Gasteiger partial charge is 0.292 e. The monoisotopic (exact) mass is 280 g/mol. The molecule has 1 amide bonds. The van der Waals surface area contributed by atoms with Crippen LogP contribution in [-0.2, 0) is 0 Å². The fraction of sp³-hybridized carbons (Fsp3) is 0.462. The third-order valence-electron chi connectivity index (χ3n) is 2.95. The summed E-state index contributed by atoms with van der Waals surface area (Å²) in [5.74, 6) is -0.190. The number of amides is 1. The summed E-state index contributed by atoms with van der Waals surface area (Å²) in [6, 6.07) is 4.39. The zero-order valence-corrected chi connectivity index (χ0v) is 12.0. The lowest BCUT2D eigenvalue weighted by molar-refractivity contribution is -0.384. The molecule has 1 aromatic rings. The number of carbonyl (C=O) groups is 1. The molecule has 0 spiro atoms. The quantitative estimate of drug-likeness (QED) is 0.621. The SMILES string of the molecule is CCN(CCN)c1cc(C(=O)N(C)C)ccc1[N+](=O)[O-]. The van der Waals surface area contributed by atoms with Crippen LogP contribution in [0.5, 0.6) is 0 Å². The number of benzene rings is 1. The van der Waals surface area contributed by atoms with E-state index in [4.69, 9.17) is 5.73 Å². The molecule has 1 rings (SSSR count). The first-order valence-corrected chi connectivity index (χ1v) is 6.37. The van der Waals surface area contributed by atoms with Gasteiger partial charge >= 0.3 is 0 Å². The van der Waals surface area contributed by atoms with Gasteiger partial charge < -0.3 is 15.5 Å². The molecule has 0 fully saturated rings. The van der Waals surface area contributed by atoms with Crippen LogP contribution in [0, 0.1) is 10.1 Å². The third-order valence-corrected chi connectivity index (χ3v) is 2.95. The van der Waals surface area contributed by atoms with Crippen molar-refractivity contribution in [1.82, 2.24) is 4.90 Å². The second-order valence-corrected chi connectivity index (χ2v) is 4.53. The van der Waals surface area contributed by atoms with Crippen LogP contribution in [0.15, 0.2) is 18.2 Å². The summed E-state index contributed by atoms with van der Waals surface area (Å²) in [6.07, 6.45) is 0. The molecule has 2 N–H and O–H groups in total. The molecular weight excluding hydrogens is 260 g/mol. The van der Waals surface area contributed by atoms with E-state index in [1.165, 1.54) is 17.0 Å². The van der Waals surface area contributed by atoms with Gasteiger partial charge in [0.1, 0.15) is 5.69 Å². The van der Waals surface area contributed by atoms with Gasteiger partial charge in [0.05, 0.1) is 4.92 Å². The average molecular weight is 280 g/mol. The highest BCUT2D eigenvalue weighted by Gasteiger charge is 2.21. The van der Waals surface area contributed by atoms with Crippen molar-refractivity contribution < 1.29 is 9.72 Å². The first-order chi connectivity index (χ1) is 9.42. The van der Waals surface area contributed by atoms with Crippen molar-refractivity contribution in [1.29, 1.82) is 0 Å². The van der Waals surface area contributed by atoms with Crippen molar-refractivity contribution in [3.63, 3.8) is 0 Å². The Balaban J connectivity index is 3.31. The van der Waals surface area contributed by atoms with Gasteiger partial charge in [0.15, 0.2) is 0 Å². The fourth-order valence-electron chi connectivity index (χ4n) is 1.93. The van der Waals surface area contributed by atoms with Gasteiger partial charge in [-0.15, -0.1) is 0 Å². The summed E-state index contributed by atoms with van der Waals surface area (Å²) in [7, 11) is 3.28. The number of rotatable bonds is 6. The topological polar surface area (TPSA) is 92.7 Å². The summed E-state index contributed by atoms with van der Waals surface area (Å²) in [6.45, 7) is 3.35. The maximum Gasteiger partial charge on any atom is 0.292 e. The standard InChI is InChI=1S/C13H20N4O3/c1-4-16(8-7-14)12-9-10(13(18)15(2)3)5-6-11(12)17(19)20/h5-6,9H,4,7-8,14H2,1-3H3. The van der Waals surface area contributed by atoms with E-state index in [0.717, 1.165) is 0 Å². The van der Waals surface area contributed by atoms with E-state index in [0.29, 0.717) is 30.9 Å². The number of hydrogen-bond acceptors (Lipinski definition) is 5. The number of nitrogens with zero attached hydrogens (tertiary/aromatic N) is 3. The number of anilines is 1. The van der Waals surface area contributed by atoms with E-state index in [-0.39, 0.29) is 11.6 Å². The molecule has 0 heterocycles. The van der Waals surface area contributed by atoms with Crippen LogP contribution >= 0.6 is 0 Å². The Morgan fingerprint density at radius 1 is 1.40 bits per heavy atom. The number of carbonyl (C=O) groups excluding carboxylic acids is 1. The number of hydrogen-bond donors (Lipinski definition) is 1. The normalized spacial score (nSPS) is 10.2. The predicted octanol–water partition coefficient (Wildman–Crippen LogP) is 1.08. The Kier molecular flexibility index (Phi) is 5.45. The number of nitrogens with two attached hydrogens (primary N) is 1. The maximum atomic E-state index is 12.0. The Hall–Kier alpha value is -2.15. The molecule has 0 unspecified atom stereocenters. The highest BCUT2D eigenvalue weighted by molar-refractivity contribution is 5.95. The van der Waals surface area contributed by atoms with E-state index < -0.39 is 4.92 Å². The minimum atomic E-state index is -0.446. The molecule has 0 aromatic heterocycles. The molecule has 7 nitrogen and oxygen atoms in total. The maximum absolute atomic E-state index is 12.0. The summed E-state index contributed by atoms with van der Waals surface area (Å²) in [4.78, 5) is 25.9. The van der Waals surface area contributed by atoms with Gasteiger partial charge in [-0.25, -0.2) is 0 Å². The van der Waals surface area contributed by atoms with Crippen molar-refractivity contribution in [2.24, 2.45) is 5.73 Å². The van der Waals surface area contributed by atoms with Crippen LogP contribution in [0.2, 0.25) is 0 Å². The molecule has 0 bridgehead atoms. The average Bonchev–Trinajstić information content (AvgIpc) is 2.43. The predicted molar refractivity (Wildman–Crippen MR) is 78.1 cm³/mol. The highest BCUT2D eigenvalue weighted by atomic mass is 16.6. The Labute approximate surface area is 118 Å². The van der Waals surface area contributed by atoms with Crippen molar-refractivity contribution in [2.75, 3.05) is 38.6 Å². The Morgan fingerprint density at radius 3 is 2.50 bits per heavy atom. The molecule has 20 heavy (non-hydrogen) atoms. The van der Waals surface area contributed by atoms with Crippen molar-refractivity contribution in [3.8, 4) is 0 Å². The van der Waals surface area contributed by atoms with E-state index in [9.17, 15) is 14.9 Å². The van der Waals surface area contributed by atoms with Crippen LogP contribution in [0.3, 0.4) is 0 Å². The lowest BCUT2D eigenvalue weighted by Crippen LogP contribution is -2.30. The molecular formula is C13H20N4O3. The highest BCUT2D eigenvalue weighted by Crippen LogP contribution is 2.29. The minimum absolute atomic E-state index is 0.0180. The van der Waals surface area contributed by atoms with E-state index in [2.05, 4.69) is 0 Å². The Morgan fingerprint density at radius 2 is 2.05 bits per heavy atom. The van der Waals surface area contributed by atoms with E-state index in [1.54, 1.807) is 25.1 Å². The lowest BCUT2D eigenvalue weighted by Gasteiger charge is -2.22. The second kappa shape index (κ2) is 6.85. The largest absolute Gasteiger partial charge is 0.365 e. The molecule has 1 aromatic carbocycles. The van der Waals surface area contributed by atoms with Gasteiger partial charge in [0, 0.05) is 45.4 Å². The number of nitro groups is 1. The zero-order chi connectivity index (χ0) is 15.3. The molecule has 7 heteroatoms. The van der Waals surface area contributed by atoms with Crippen LogP contribution in [0.4, 0.5) is 11.4 Å². The molecule has 0 aliphatic heterocycles. The first kappa shape index (κ1) is 15.9. The summed E-state index contributed by atoms with van der Waals surface area (Å²) >= 11 is 0. The molecule has 0 radical (unpaired) electrons. The van der Waals surface area contributed by atoms with Crippen molar-refractivity contribution >= 4 is 17.3 Å². The van der Waals surface area contributed by atoms with E-state index in [1.807, 2.05) is 6.92 Å². The third kappa shape index (κ3) is 3.45. The minimum Gasteiger partial charge on any atom is -0.365 e. The summed E-state index contributed by atoms with van der Waals surface area (Å²) in [5, 5.41) is 11.1. The van der Waals surface area contributed by atoms with Gasteiger partial charge in [-0.3, -0.25) is 14.9 Å². The fourth-order valence-corrected chi connectivity index (χ4v) is 1.93. The van der Waals surface area contributed by atoms with Gasteiger partial charge in [-0.05, 0) is 19.1 Å². The van der Waals surface area contributed by atoms with Gasteiger partial charge in [-0.1, -0.05) is 0 Å². The van der Waals surface area contributed by atoms with Crippen molar-refractivity contribution in [3.05, 3.63) is 33.9 Å². The molecule has 0 aliphatic carbocycles. The Bertz CT molecular complexity index is 502. The summed E-state index contributed by atoms with van der Waals surface area (Å²) < 4.78 is 0. The number of likely N-dealkylation sites (N-methyl/N-ethyl adjacent to an activating group) is 1. The molecule has 0 atom stereocenters. The van der Waals surface area contributed by atoms with Gasteiger partial charge in [0.2, 0.25) is 0 Å². The molecule has 0 saturated heterocycles.